The maximum absolute atomic E-state index is 12.2. The molecule has 0 fully saturated rings. The highest BCUT2D eigenvalue weighted by Crippen LogP contribution is 2.29. The number of ether oxygens (including phenoxy) is 1. The van der Waals surface area contributed by atoms with Crippen LogP contribution in [0.2, 0.25) is 0 Å². The summed E-state index contributed by atoms with van der Waals surface area (Å²) in [6.45, 7) is 3.43. The summed E-state index contributed by atoms with van der Waals surface area (Å²) < 4.78 is 5.24. The first-order chi connectivity index (χ1) is 14.9. The van der Waals surface area contributed by atoms with Gasteiger partial charge in [0.05, 0.1) is 22.7 Å². The van der Waals surface area contributed by atoms with E-state index in [0.717, 1.165) is 12.0 Å². The van der Waals surface area contributed by atoms with Gasteiger partial charge in [-0.15, -0.1) is 11.3 Å². The Kier molecular flexibility index (Phi) is 7.09. The molecule has 9 heteroatoms. The lowest BCUT2D eigenvalue weighted by Gasteiger charge is -2.18. The van der Waals surface area contributed by atoms with Gasteiger partial charge < -0.3 is 4.74 Å². The zero-order chi connectivity index (χ0) is 22.4. The standard InChI is InChI=1S/C22H21N3O5S/c1-3-16-8-10-19(11-9-16)24(15(2)26)22-23-18(14-31-22)13-30-21(27)12-17-6-4-5-7-20(17)25(28)29/h4-11,14H,3,12-13H2,1-2H3. The Morgan fingerprint density at radius 2 is 1.87 bits per heavy atom. The molecule has 2 aromatic carbocycles. The summed E-state index contributed by atoms with van der Waals surface area (Å²) in [6.07, 6.45) is 0.691. The Morgan fingerprint density at radius 1 is 1.16 bits per heavy atom. The van der Waals surface area contributed by atoms with Gasteiger partial charge >= 0.3 is 5.97 Å². The van der Waals surface area contributed by atoms with Crippen LogP contribution < -0.4 is 4.90 Å². The van der Waals surface area contributed by atoms with Crippen molar-refractivity contribution in [3.63, 3.8) is 0 Å². The molecule has 1 aromatic heterocycles. The van der Waals surface area contributed by atoms with Crippen molar-refractivity contribution >= 4 is 39.7 Å². The smallest absolute Gasteiger partial charge is 0.310 e. The molecule has 0 bridgehead atoms. The summed E-state index contributed by atoms with van der Waals surface area (Å²) in [7, 11) is 0. The third kappa shape index (κ3) is 5.52. The molecule has 31 heavy (non-hydrogen) atoms. The number of carbonyl (C=O) groups is 2. The molecule has 8 nitrogen and oxygen atoms in total. The number of aromatic nitrogens is 1. The molecular formula is C22H21N3O5S. The summed E-state index contributed by atoms with van der Waals surface area (Å²) in [4.78, 5) is 40.8. The summed E-state index contributed by atoms with van der Waals surface area (Å²) in [5.41, 5.74) is 2.53. The fourth-order valence-electron chi connectivity index (χ4n) is 2.97. The fraction of sp³-hybridized carbons (Fsp3) is 0.227. The van der Waals surface area contributed by atoms with Crippen molar-refractivity contribution in [1.29, 1.82) is 0 Å². The zero-order valence-electron chi connectivity index (χ0n) is 17.1. The largest absolute Gasteiger partial charge is 0.459 e. The van der Waals surface area contributed by atoms with E-state index >= 15 is 0 Å². The average Bonchev–Trinajstić information content (AvgIpc) is 3.21. The van der Waals surface area contributed by atoms with Gasteiger partial charge in [-0.3, -0.25) is 24.6 Å². The Bertz CT molecular complexity index is 1090. The van der Waals surface area contributed by atoms with Crippen LogP contribution in [0.5, 0.6) is 0 Å². The Labute approximate surface area is 183 Å². The predicted octanol–water partition coefficient (Wildman–Crippen LogP) is 4.58. The molecule has 0 spiro atoms. The molecule has 160 valence electrons. The second-order valence-corrected chi connectivity index (χ2v) is 7.56. The van der Waals surface area contributed by atoms with E-state index in [1.807, 2.05) is 24.3 Å². The van der Waals surface area contributed by atoms with E-state index in [1.54, 1.807) is 17.5 Å². The molecule has 1 amide bonds. The van der Waals surface area contributed by atoms with Crippen molar-refractivity contribution in [2.24, 2.45) is 0 Å². The first-order valence-electron chi connectivity index (χ1n) is 9.61. The second kappa shape index (κ2) is 9.94. The van der Waals surface area contributed by atoms with E-state index in [-0.39, 0.29) is 30.2 Å². The fourth-order valence-corrected chi connectivity index (χ4v) is 3.84. The number of amides is 1. The van der Waals surface area contributed by atoms with E-state index in [2.05, 4.69) is 11.9 Å². The third-order valence-corrected chi connectivity index (χ3v) is 5.43. The summed E-state index contributed by atoms with van der Waals surface area (Å²) >= 11 is 1.27. The van der Waals surface area contributed by atoms with E-state index < -0.39 is 10.9 Å². The number of para-hydroxylation sites is 1. The Balaban J connectivity index is 1.66. The molecular weight excluding hydrogens is 418 g/mol. The minimum atomic E-state index is -0.595. The zero-order valence-corrected chi connectivity index (χ0v) is 17.9. The van der Waals surface area contributed by atoms with Gasteiger partial charge in [-0.1, -0.05) is 37.3 Å². The number of aryl methyl sites for hydroxylation is 1. The Hall–Kier alpha value is -3.59. The monoisotopic (exact) mass is 439 g/mol. The van der Waals surface area contributed by atoms with Crippen molar-refractivity contribution in [3.05, 3.63) is 80.8 Å². The number of hydrogen-bond donors (Lipinski definition) is 0. The van der Waals surface area contributed by atoms with Crippen molar-refractivity contribution < 1.29 is 19.2 Å². The van der Waals surface area contributed by atoms with Gasteiger partial charge in [0.1, 0.15) is 6.61 Å². The van der Waals surface area contributed by atoms with Crippen LogP contribution >= 0.6 is 11.3 Å². The molecule has 1 heterocycles. The Morgan fingerprint density at radius 3 is 2.52 bits per heavy atom. The lowest BCUT2D eigenvalue weighted by atomic mass is 10.1. The number of hydrogen-bond acceptors (Lipinski definition) is 7. The van der Waals surface area contributed by atoms with E-state index in [1.165, 1.54) is 35.3 Å². The van der Waals surface area contributed by atoms with Gasteiger partial charge in [0, 0.05) is 23.9 Å². The number of nitro benzene ring substituents is 1. The molecule has 0 N–H and O–H groups in total. The van der Waals surface area contributed by atoms with Gasteiger partial charge in [-0.25, -0.2) is 4.98 Å². The van der Waals surface area contributed by atoms with Crippen LogP contribution in [0.3, 0.4) is 0 Å². The molecule has 3 rings (SSSR count). The van der Waals surface area contributed by atoms with Crippen LogP contribution in [-0.4, -0.2) is 21.8 Å². The normalized spacial score (nSPS) is 10.5. The number of carbonyl (C=O) groups excluding carboxylic acids is 2. The van der Waals surface area contributed by atoms with Gasteiger partial charge in [0.15, 0.2) is 5.13 Å². The summed E-state index contributed by atoms with van der Waals surface area (Å²) in [5.74, 6) is -0.777. The number of benzene rings is 2. The third-order valence-electron chi connectivity index (χ3n) is 4.55. The number of rotatable bonds is 8. The first kappa shape index (κ1) is 22.1. The van der Waals surface area contributed by atoms with Crippen LogP contribution in [0.25, 0.3) is 0 Å². The van der Waals surface area contributed by atoms with E-state index in [9.17, 15) is 19.7 Å². The van der Waals surface area contributed by atoms with Crippen LogP contribution in [0.15, 0.2) is 53.9 Å². The van der Waals surface area contributed by atoms with Crippen LogP contribution in [0.4, 0.5) is 16.5 Å². The topological polar surface area (TPSA) is 103 Å². The van der Waals surface area contributed by atoms with Gasteiger partial charge in [0.25, 0.3) is 5.69 Å². The molecule has 0 aliphatic rings. The molecule has 0 atom stereocenters. The van der Waals surface area contributed by atoms with Gasteiger partial charge in [-0.2, -0.15) is 0 Å². The number of esters is 1. The van der Waals surface area contributed by atoms with Crippen LogP contribution in [-0.2, 0) is 33.8 Å². The maximum atomic E-state index is 12.2. The number of thiazole rings is 1. The molecule has 0 aliphatic heterocycles. The van der Waals surface area contributed by atoms with Crippen molar-refractivity contribution in [2.75, 3.05) is 4.90 Å². The highest BCUT2D eigenvalue weighted by atomic mass is 32.1. The lowest BCUT2D eigenvalue weighted by molar-refractivity contribution is -0.385. The second-order valence-electron chi connectivity index (χ2n) is 6.72. The maximum Gasteiger partial charge on any atom is 0.310 e. The van der Waals surface area contributed by atoms with Crippen molar-refractivity contribution in [1.82, 2.24) is 4.98 Å². The molecule has 0 saturated carbocycles. The predicted molar refractivity (Wildman–Crippen MR) is 117 cm³/mol. The van der Waals surface area contributed by atoms with E-state index in [4.69, 9.17) is 4.74 Å². The molecule has 3 aromatic rings. The molecule has 0 aliphatic carbocycles. The molecule has 0 saturated heterocycles. The number of nitro groups is 1. The first-order valence-corrected chi connectivity index (χ1v) is 10.5. The minimum absolute atomic E-state index is 0.0868. The summed E-state index contributed by atoms with van der Waals surface area (Å²) in [5, 5.41) is 13.3. The lowest BCUT2D eigenvalue weighted by Crippen LogP contribution is -2.22. The molecule has 0 radical (unpaired) electrons. The number of anilines is 2. The minimum Gasteiger partial charge on any atom is -0.459 e. The average molecular weight is 439 g/mol. The van der Waals surface area contributed by atoms with Gasteiger partial charge in [0.2, 0.25) is 5.91 Å². The quantitative estimate of drug-likeness (QED) is 0.289. The molecule has 0 unspecified atom stereocenters. The van der Waals surface area contributed by atoms with Crippen LogP contribution in [0, 0.1) is 10.1 Å². The van der Waals surface area contributed by atoms with Crippen molar-refractivity contribution in [3.8, 4) is 0 Å². The highest BCUT2D eigenvalue weighted by molar-refractivity contribution is 7.14. The highest BCUT2D eigenvalue weighted by Gasteiger charge is 2.19. The SMILES string of the molecule is CCc1ccc(N(C(C)=O)c2nc(COC(=O)Cc3ccccc3[N+](=O)[O-])cs2)cc1. The van der Waals surface area contributed by atoms with Gasteiger partial charge in [-0.05, 0) is 24.1 Å². The van der Waals surface area contributed by atoms with Crippen LogP contribution in [0.1, 0.15) is 30.7 Å². The van der Waals surface area contributed by atoms with Crippen molar-refractivity contribution in [2.45, 2.75) is 33.3 Å². The number of nitrogens with zero attached hydrogens (tertiary/aromatic N) is 3. The summed E-state index contributed by atoms with van der Waals surface area (Å²) in [6, 6.07) is 13.7. The van der Waals surface area contributed by atoms with E-state index in [0.29, 0.717) is 16.5 Å².